The van der Waals surface area contributed by atoms with Gasteiger partial charge in [0.1, 0.15) is 16.3 Å². The number of rotatable bonds is 8. The lowest BCUT2D eigenvalue weighted by atomic mass is 9.89. The van der Waals surface area contributed by atoms with E-state index in [2.05, 4.69) is 21.9 Å². The maximum absolute atomic E-state index is 10.5. The molecular weight excluding hydrogens is 440 g/mol. The standard InChI is InChI=1S/C23H32N6OS2/c1-13-18(21-28-19-14(2)24-9-8-17(19)32-21)20(29-22(26-13)25-10-11-31-5)27-16-7-6-15(12-16)23(3,4)30/h8-9,15-16,30H,6-7,10-12H2,1-5H3,(H2,25,26,27,29). The summed E-state index contributed by atoms with van der Waals surface area (Å²) in [6.07, 6.45) is 6.86. The molecule has 1 aliphatic carbocycles. The van der Waals surface area contributed by atoms with E-state index in [1.54, 1.807) is 23.1 Å². The summed E-state index contributed by atoms with van der Waals surface area (Å²) in [5.74, 6) is 2.73. The van der Waals surface area contributed by atoms with Crippen LogP contribution in [0, 0.1) is 19.8 Å². The Kier molecular flexibility index (Phi) is 6.88. The molecule has 1 saturated carbocycles. The molecule has 0 bridgehead atoms. The third-order valence-corrected chi connectivity index (χ3v) is 7.81. The Morgan fingerprint density at radius 1 is 1.19 bits per heavy atom. The van der Waals surface area contributed by atoms with Crippen LogP contribution in [0.3, 0.4) is 0 Å². The molecule has 0 radical (unpaired) electrons. The molecule has 0 amide bonds. The predicted molar refractivity (Wildman–Crippen MR) is 136 cm³/mol. The molecule has 9 heteroatoms. The van der Waals surface area contributed by atoms with Crippen molar-refractivity contribution in [3.8, 4) is 10.6 Å². The van der Waals surface area contributed by atoms with Gasteiger partial charge in [0.25, 0.3) is 0 Å². The monoisotopic (exact) mass is 472 g/mol. The Hall–Kier alpha value is -1.97. The molecule has 32 heavy (non-hydrogen) atoms. The van der Waals surface area contributed by atoms with Crippen molar-refractivity contribution in [3.63, 3.8) is 0 Å². The van der Waals surface area contributed by atoms with Gasteiger partial charge in [-0.25, -0.2) is 9.97 Å². The summed E-state index contributed by atoms with van der Waals surface area (Å²) in [6.45, 7) is 8.64. The van der Waals surface area contributed by atoms with Crippen molar-refractivity contribution >= 4 is 45.1 Å². The van der Waals surface area contributed by atoms with E-state index in [9.17, 15) is 5.11 Å². The van der Waals surface area contributed by atoms with Gasteiger partial charge >= 0.3 is 0 Å². The van der Waals surface area contributed by atoms with E-state index in [1.165, 1.54) is 0 Å². The highest BCUT2D eigenvalue weighted by atomic mass is 32.2. The number of hydrogen-bond donors (Lipinski definition) is 3. The average molecular weight is 473 g/mol. The summed E-state index contributed by atoms with van der Waals surface area (Å²) in [4.78, 5) is 18.9. The van der Waals surface area contributed by atoms with Gasteiger partial charge in [0.2, 0.25) is 5.95 Å². The summed E-state index contributed by atoms with van der Waals surface area (Å²) in [7, 11) is 0. The number of aryl methyl sites for hydroxylation is 2. The summed E-state index contributed by atoms with van der Waals surface area (Å²) in [6, 6.07) is 2.27. The first-order chi connectivity index (χ1) is 15.3. The van der Waals surface area contributed by atoms with Crippen LogP contribution >= 0.6 is 23.1 Å². The number of nitrogens with zero attached hydrogens (tertiary/aromatic N) is 4. The number of thioether (sulfide) groups is 1. The van der Waals surface area contributed by atoms with Crippen LogP contribution in [0.5, 0.6) is 0 Å². The third-order valence-electron chi connectivity index (χ3n) is 6.16. The Morgan fingerprint density at radius 2 is 2.00 bits per heavy atom. The first-order valence-corrected chi connectivity index (χ1v) is 13.3. The molecule has 1 aliphatic rings. The fraction of sp³-hybridized carbons (Fsp3) is 0.565. The normalized spacial score (nSPS) is 18.9. The second-order valence-electron chi connectivity index (χ2n) is 9.04. The molecule has 0 saturated heterocycles. The molecule has 0 aromatic carbocycles. The highest BCUT2D eigenvalue weighted by Gasteiger charge is 2.35. The van der Waals surface area contributed by atoms with E-state index in [0.29, 0.717) is 5.95 Å². The van der Waals surface area contributed by atoms with Gasteiger partial charge in [-0.2, -0.15) is 16.7 Å². The van der Waals surface area contributed by atoms with Crippen LogP contribution in [0.15, 0.2) is 12.3 Å². The Bertz CT molecular complexity index is 1090. The highest BCUT2D eigenvalue weighted by Crippen LogP contribution is 2.39. The molecule has 2 atom stereocenters. The van der Waals surface area contributed by atoms with Crippen LogP contribution in [0.4, 0.5) is 11.8 Å². The number of thiazole rings is 1. The first kappa shape index (κ1) is 23.2. The number of fused-ring (bicyclic) bond motifs is 1. The molecule has 3 N–H and O–H groups in total. The lowest BCUT2D eigenvalue weighted by Crippen LogP contribution is -2.30. The van der Waals surface area contributed by atoms with Gasteiger partial charge in [0, 0.05) is 24.5 Å². The van der Waals surface area contributed by atoms with E-state index in [4.69, 9.17) is 15.0 Å². The van der Waals surface area contributed by atoms with Crippen molar-refractivity contribution in [1.29, 1.82) is 0 Å². The minimum absolute atomic E-state index is 0.260. The minimum atomic E-state index is -0.664. The van der Waals surface area contributed by atoms with Crippen molar-refractivity contribution in [2.75, 3.05) is 29.2 Å². The van der Waals surface area contributed by atoms with E-state index in [1.807, 2.05) is 40.0 Å². The molecule has 0 spiro atoms. The van der Waals surface area contributed by atoms with E-state index < -0.39 is 5.60 Å². The molecule has 172 valence electrons. The quantitative estimate of drug-likeness (QED) is 0.399. The first-order valence-electron chi connectivity index (χ1n) is 11.1. The Balaban J connectivity index is 1.70. The maximum atomic E-state index is 10.5. The second kappa shape index (κ2) is 9.49. The summed E-state index contributed by atoms with van der Waals surface area (Å²) in [5.41, 5.74) is 3.05. The topological polar surface area (TPSA) is 95.9 Å². The number of hydrogen-bond acceptors (Lipinski definition) is 9. The van der Waals surface area contributed by atoms with Crippen LogP contribution < -0.4 is 10.6 Å². The summed E-state index contributed by atoms with van der Waals surface area (Å²) in [5, 5.41) is 18.4. The average Bonchev–Trinajstić information content (AvgIpc) is 3.36. The molecule has 3 aromatic rings. The lowest BCUT2D eigenvalue weighted by molar-refractivity contribution is 0.0197. The van der Waals surface area contributed by atoms with Crippen LogP contribution in [0.25, 0.3) is 20.8 Å². The van der Waals surface area contributed by atoms with Gasteiger partial charge in [0.05, 0.1) is 27.3 Å². The second-order valence-corrected chi connectivity index (χ2v) is 11.1. The number of pyridine rings is 1. The van der Waals surface area contributed by atoms with Gasteiger partial charge in [-0.3, -0.25) is 4.98 Å². The Morgan fingerprint density at radius 3 is 2.69 bits per heavy atom. The van der Waals surface area contributed by atoms with Gasteiger partial charge in [-0.15, -0.1) is 11.3 Å². The molecular formula is C23H32N6OS2. The molecule has 3 heterocycles. The zero-order valence-corrected chi connectivity index (χ0v) is 21.0. The highest BCUT2D eigenvalue weighted by molar-refractivity contribution is 7.98. The third kappa shape index (κ3) is 5.00. The SMILES string of the molecule is CSCCNc1nc(C)c(-c2nc3c(C)nccc3s2)c(NC2CCC(C(C)(C)O)C2)n1. The van der Waals surface area contributed by atoms with Crippen LogP contribution in [-0.2, 0) is 0 Å². The van der Waals surface area contributed by atoms with E-state index in [0.717, 1.165) is 69.6 Å². The largest absolute Gasteiger partial charge is 0.390 e. The van der Waals surface area contributed by atoms with Crippen molar-refractivity contribution < 1.29 is 5.11 Å². The smallest absolute Gasteiger partial charge is 0.224 e. The predicted octanol–water partition coefficient (Wildman–Crippen LogP) is 4.89. The van der Waals surface area contributed by atoms with Crippen LogP contribution in [-0.4, -0.2) is 55.2 Å². The van der Waals surface area contributed by atoms with Crippen molar-refractivity contribution in [2.45, 2.75) is 58.6 Å². The van der Waals surface area contributed by atoms with Gasteiger partial charge in [-0.05, 0) is 65.2 Å². The van der Waals surface area contributed by atoms with Crippen LogP contribution in [0.1, 0.15) is 44.5 Å². The Labute approximate surface area is 197 Å². The van der Waals surface area contributed by atoms with Crippen LogP contribution in [0.2, 0.25) is 0 Å². The molecule has 0 aliphatic heterocycles. The molecule has 2 unspecified atom stereocenters. The summed E-state index contributed by atoms with van der Waals surface area (Å²) >= 11 is 3.44. The minimum Gasteiger partial charge on any atom is -0.390 e. The fourth-order valence-electron chi connectivity index (χ4n) is 4.31. The van der Waals surface area contributed by atoms with Crippen molar-refractivity contribution in [3.05, 3.63) is 23.7 Å². The van der Waals surface area contributed by atoms with Crippen molar-refractivity contribution in [1.82, 2.24) is 19.9 Å². The molecule has 7 nitrogen and oxygen atoms in total. The molecule has 4 rings (SSSR count). The number of anilines is 2. The molecule has 1 fully saturated rings. The number of aromatic nitrogens is 4. The van der Waals surface area contributed by atoms with E-state index >= 15 is 0 Å². The summed E-state index contributed by atoms with van der Waals surface area (Å²) < 4.78 is 1.11. The lowest BCUT2D eigenvalue weighted by Gasteiger charge is -2.25. The number of aliphatic hydroxyl groups is 1. The zero-order valence-electron chi connectivity index (χ0n) is 19.4. The maximum Gasteiger partial charge on any atom is 0.224 e. The van der Waals surface area contributed by atoms with Gasteiger partial charge in [-0.1, -0.05) is 0 Å². The zero-order chi connectivity index (χ0) is 22.9. The van der Waals surface area contributed by atoms with Crippen molar-refractivity contribution in [2.24, 2.45) is 5.92 Å². The van der Waals surface area contributed by atoms with Gasteiger partial charge < -0.3 is 15.7 Å². The van der Waals surface area contributed by atoms with E-state index in [-0.39, 0.29) is 12.0 Å². The number of nitrogens with one attached hydrogen (secondary N) is 2. The molecule has 3 aromatic heterocycles. The fourth-order valence-corrected chi connectivity index (χ4v) is 5.73. The van der Waals surface area contributed by atoms with Gasteiger partial charge in [0.15, 0.2) is 0 Å².